The van der Waals surface area contributed by atoms with Gasteiger partial charge in [0.1, 0.15) is 18.2 Å². The highest BCUT2D eigenvalue weighted by Gasteiger charge is 2.15. The lowest BCUT2D eigenvalue weighted by Crippen LogP contribution is -2.13. The second-order valence-corrected chi connectivity index (χ2v) is 8.19. The monoisotopic (exact) mass is 530 g/mol. The number of hydrogen-bond donors (Lipinski definition) is 1. The maximum absolute atomic E-state index is 12.5. The molecule has 0 radical (unpaired) electrons. The van der Waals surface area contributed by atoms with Crippen LogP contribution in [-0.4, -0.2) is 13.0 Å². The summed E-state index contributed by atoms with van der Waals surface area (Å²) in [7, 11) is 1.49. The number of methoxy groups -OCH3 is 1. The molecule has 0 spiro atoms. The summed E-state index contributed by atoms with van der Waals surface area (Å²) in [6, 6.07) is 19.6. The molecule has 0 fully saturated rings. The fourth-order valence-electron chi connectivity index (χ4n) is 2.80. The number of rotatable bonds is 7. The van der Waals surface area contributed by atoms with Gasteiger partial charge >= 0.3 is 0 Å². The Kier molecular flexibility index (Phi) is 8.18. The predicted molar refractivity (Wildman–Crippen MR) is 130 cm³/mol. The summed E-state index contributed by atoms with van der Waals surface area (Å²) in [6.07, 6.45) is 1.41. The van der Waals surface area contributed by atoms with Crippen molar-refractivity contribution in [3.8, 4) is 17.6 Å². The highest BCUT2D eigenvalue weighted by atomic mass is 79.9. The molecule has 0 saturated heterocycles. The first-order valence-corrected chi connectivity index (χ1v) is 10.9. The first kappa shape index (κ1) is 23.7. The van der Waals surface area contributed by atoms with E-state index in [1.807, 2.05) is 30.3 Å². The number of nitrogens with one attached hydrogen (secondary N) is 1. The van der Waals surface area contributed by atoms with E-state index in [1.54, 1.807) is 36.4 Å². The molecule has 5 nitrogen and oxygen atoms in total. The molecule has 3 aromatic rings. The summed E-state index contributed by atoms with van der Waals surface area (Å²) in [6.45, 7) is 0.274. The van der Waals surface area contributed by atoms with E-state index in [-0.39, 0.29) is 17.2 Å². The highest BCUT2D eigenvalue weighted by Crippen LogP contribution is 2.38. The Morgan fingerprint density at radius 2 is 1.84 bits per heavy atom. The minimum Gasteiger partial charge on any atom is -0.493 e. The van der Waals surface area contributed by atoms with Crippen LogP contribution in [0.25, 0.3) is 6.08 Å². The predicted octanol–water partition coefficient (Wildman–Crippen LogP) is 6.89. The highest BCUT2D eigenvalue weighted by molar-refractivity contribution is 9.10. The van der Waals surface area contributed by atoms with Crippen molar-refractivity contribution in [1.82, 2.24) is 0 Å². The lowest BCUT2D eigenvalue weighted by molar-refractivity contribution is -0.112. The number of para-hydroxylation sites is 1. The van der Waals surface area contributed by atoms with Crippen LogP contribution in [0.4, 0.5) is 5.69 Å². The van der Waals surface area contributed by atoms with Crippen molar-refractivity contribution in [2.75, 3.05) is 12.4 Å². The number of amides is 1. The van der Waals surface area contributed by atoms with E-state index in [0.29, 0.717) is 27.8 Å². The Balaban J connectivity index is 1.84. The topological polar surface area (TPSA) is 71.3 Å². The van der Waals surface area contributed by atoms with Crippen LogP contribution in [0.3, 0.4) is 0 Å². The molecular weight excluding hydrogens is 515 g/mol. The summed E-state index contributed by atoms with van der Waals surface area (Å²) in [5, 5.41) is 12.8. The lowest BCUT2D eigenvalue weighted by atomic mass is 10.1. The number of carbonyl (C=O) groups excluding carboxylic acids is 1. The average Bonchev–Trinajstić information content (AvgIpc) is 2.78. The van der Waals surface area contributed by atoms with Crippen LogP contribution in [-0.2, 0) is 11.4 Å². The van der Waals surface area contributed by atoms with Gasteiger partial charge in [-0.15, -0.1) is 0 Å². The molecule has 0 aliphatic heterocycles. The zero-order chi connectivity index (χ0) is 23.1. The molecule has 0 aliphatic carbocycles. The van der Waals surface area contributed by atoms with Crippen LogP contribution < -0.4 is 14.8 Å². The van der Waals surface area contributed by atoms with Crippen molar-refractivity contribution in [2.24, 2.45) is 0 Å². The van der Waals surface area contributed by atoms with E-state index in [4.69, 9.17) is 32.7 Å². The second kappa shape index (κ2) is 11.1. The van der Waals surface area contributed by atoms with Crippen molar-refractivity contribution in [3.05, 3.63) is 91.9 Å². The Morgan fingerprint density at radius 1 is 1.12 bits per heavy atom. The summed E-state index contributed by atoms with van der Waals surface area (Å²) in [5.41, 5.74) is 1.74. The number of ether oxygens (including phenoxy) is 2. The van der Waals surface area contributed by atoms with Gasteiger partial charge in [-0.3, -0.25) is 4.79 Å². The fraction of sp³-hybridized carbons (Fsp3) is 0.0833. The smallest absolute Gasteiger partial charge is 0.266 e. The first-order chi connectivity index (χ1) is 15.4. The number of carbonyl (C=O) groups is 1. The average molecular weight is 532 g/mol. The van der Waals surface area contributed by atoms with Crippen LogP contribution in [0.1, 0.15) is 11.1 Å². The molecule has 0 unspecified atom stereocenters. The summed E-state index contributed by atoms with van der Waals surface area (Å²) < 4.78 is 12.2. The normalized spacial score (nSPS) is 10.9. The second-order valence-electron chi connectivity index (χ2n) is 6.52. The van der Waals surface area contributed by atoms with Crippen LogP contribution >= 0.6 is 39.1 Å². The van der Waals surface area contributed by atoms with Crippen molar-refractivity contribution in [2.45, 2.75) is 6.61 Å². The third kappa shape index (κ3) is 5.83. The molecule has 1 N–H and O–H groups in total. The minimum absolute atomic E-state index is 0.120. The van der Waals surface area contributed by atoms with E-state index in [9.17, 15) is 10.1 Å². The molecule has 3 rings (SSSR count). The van der Waals surface area contributed by atoms with Gasteiger partial charge in [0.05, 0.1) is 22.8 Å². The Labute approximate surface area is 204 Å². The number of anilines is 1. The fourth-order valence-corrected chi connectivity index (χ4v) is 3.65. The van der Waals surface area contributed by atoms with Gasteiger partial charge in [-0.1, -0.05) is 69.5 Å². The standard InChI is InChI=1S/C24H17BrCl2N2O3/c1-31-22-12-15(10-17(13-28)24(30)29-21-9-5-4-8-19(21)26)11-20(27)23(22)32-14-16-6-2-3-7-18(16)25/h2-12H,14H2,1H3,(H,29,30)/b17-10+. The van der Waals surface area contributed by atoms with E-state index >= 15 is 0 Å². The van der Waals surface area contributed by atoms with Crippen molar-refractivity contribution >= 4 is 56.8 Å². The molecule has 0 saturated carbocycles. The van der Waals surface area contributed by atoms with Gasteiger partial charge < -0.3 is 14.8 Å². The Hall–Kier alpha value is -2.98. The lowest BCUT2D eigenvalue weighted by Gasteiger charge is -2.14. The maximum atomic E-state index is 12.5. The SMILES string of the molecule is COc1cc(/C=C(\C#N)C(=O)Nc2ccccc2Cl)cc(Cl)c1OCc1ccccc1Br. The van der Waals surface area contributed by atoms with Gasteiger partial charge in [-0.2, -0.15) is 5.26 Å². The molecule has 0 aliphatic rings. The minimum atomic E-state index is -0.593. The van der Waals surface area contributed by atoms with Crippen LogP contribution in [0.15, 0.2) is 70.7 Å². The number of benzene rings is 3. The number of halogens is 3. The molecule has 32 heavy (non-hydrogen) atoms. The van der Waals surface area contributed by atoms with Gasteiger partial charge in [0.15, 0.2) is 11.5 Å². The van der Waals surface area contributed by atoms with Gasteiger partial charge in [0.25, 0.3) is 5.91 Å². The third-order valence-corrected chi connectivity index (χ3v) is 5.76. The molecule has 0 bridgehead atoms. The quantitative estimate of drug-likeness (QED) is 0.266. The first-order valence-electron chi connectivity index (χ1n) is 9.34. The van der Waals surface area contributed by atoms with Gasteiger partial charge in [-0.25, -0.2) is 0 Å². The molecule has 3 aromatic carbocycles. The zero-order valence-electron chi connectivity index (χ0n) is 16.9. The Morgan fingerprint density at radius 3 is 2.53 bits per heavy atom. The molecule has 0 heterocycles. The van der Waals surface area contributed by atoms with E-state index in [0.717, 1.165) is 10.0 Å². The number of nitriles is 1. The van der Waals surface area contributed by atoms with Crippen LogP contribution in [0, 0.1) is 11.3 Å². The summed E-state index contributed by atoms with van der Waals surface area (Å²) in [5.74, 6) is 0.144. The van der Waals surface area contributed by atoms with E-state index in [2.05, 4.69) is 21.2 Å². The molecular formula is C24H17BrCl2N2O3. The molecule has 162 valence electrons. The van der Waals surface area contributed by atoms with Gasteiger partial charge in [0, 0.05) is 10.0 Å². The molecule has 0 atom stereocenters. The molecule has 0 aromatic heterocycles. The third-order valence-electron chi connectivity index (χ3n) is 4.38. The van der Waals surface area contributed by atoms with Crippen molar-refractivity contribution < 1.29 is 14.3 Å². The zero-order valence-corrected chi connectivity index (χ0v) is 20.0. The molecule has 1 amide bonds. The Bertz CT molecular complexity index is 1220. The van der Waals surface area contributed by atoms with Gasteiger partial charge in [-0.05, 0) is 42.0 Å². The largest absolute Gasteiger partial charge is 0.493 e. The van der Waals surface area contributed by atoms with Crippen molar-refractivity contribution in [3.63, 3.8) is 0 Å². The number of hydrogen-bond acceptors (Lipinski definition) is 4. The summed E-state index contributed by atoms with van der Waals surface area (Å²) >= 11 is 16.0. The molecule has 8 heteroatoms. The van der Waals surface area contributed by atoms with Gasteiger partial charge in [0.2, 0.25) is 0 Å². The van der Waals surface area contributed by atoms with Crippen LogP contribution in [0.2, 0.25) is 10.0 Å². The number of nitrogens with zero attached hydrogens (tertiary/aromatic N) is 1. The maximum Gasteiger partial charge on any atom is 0.266 e. The van der Waals surface area contributed by atoms with Crippen LogP contribution in [0.5, 0.6) is 11.5 Å². The van der Waals surface area contributed by atoms with E-state index in [1.165, 1.54) is 13.2 Å². The summed E-state index contributed by atoms with van der Waals surface area (Å²) in [4.78, 5) is 12.5. The van der Waals surface area contributed by atoms with Crippen molar-refractivity contribution in [1.29, 1.82) is 5.26 Å². The van der Waals surface area contributed by atoms with E-state index < -0.39 is 5.91 Å².